The number of hydrogen-bond acceptors (Lipinski definition) is 11. The van der Waals surface area contributed by atoms with Gasteiger partial charge in [0.25, 0.3) is 0 Å². The summed E-state index contributed by atoms with van der Waals surface area (Å²) in [6.45, 7) is 11.4. The van der Waals surface area contributed by atoms with Crippen molar-refractivity contribution in [3.8, 4) is 0 Å². The molecule has 256 valence electrons. The zero-order chi connectivity index (χ0) is 33.4. The second-order valence-electron chi connectivity index (χ2n) is 13.1. The van der Waals surface area contributed by atoms with E-state index in [1.54, 1.807) is 26.1 Å². The van der Waals surface area contributed by atoms with Gasteiger partial charge in [-0.1, -0.05) is 25.5 Å². The number of rotatable bonds is 16. The molecular formula is C31H53N5O9. The Hall–Kier alpha value is -2.78. The molecule has 0 bridgehead atoms. The van der Waals surface area contributed by atoms with E-state index in [1.165, 1.54) is 5.57 Å². The second kappa shape index (κ2) is 16.2. The first-order chi connectivity index (χ1) is 21.2. The minimum Gasteiger partial charge on any atom is -0.447 e. The van der Waals surface area contributed by atoms with Gasteiger partial charge < -0.3 is 39.6 Å². The van der Waals surface area contributed by atoms with E-state index in [0.717, 1.165) is 12.8 Å². The highest BCUT2D eigenvalue weighted by Gasteiger charge is 2.72. The Balaban J connectivity index is 1.47. The molecule has 2 aliphatic heterocycles. The molecule has 3 unspecified atom stereocenters. The number of carbonyl (C=O) groups excluding carboxylic acids is 4. The van der Waals surface area contributed by atoms with Gasteiger partial charge in [-0.3, -0.25) is 19.8 Å². The van der Waals surface area contributed by atoms with Crippen molar-refractivity contribution in [3.63, 3.8) is 0 Å². The molecule has 3 aliphatic rings. The minimum absolute atomic E-state index is 0.0422. The molecule has 1 aliphatic carbocycles. The van der Waals surface area contributed by atoms with Crippen LogP contribution in [-0.4, -0.2) is 125 Å². The fraction of sp³-hybridized carbons (Fsp3) is 0.806. The van der Waals surface area contributed by atoms with Gasteiger partial charge in [-0.05, 0) is 60.0 Å². The summed E-state index contributed by atoms with van der Waals surface area (Å²) < 4.78 is 29.3. The van der Waals surface area contributed by atoms with Crippen LogP contribution in [0.5, 0.6) is 0 Å². The predicted octanol–water partition coefficient (Wildman–Crippen LogP) is 1.33. The highest BCUT2D eigenvalue weighted by atomic mass is 16.6. The van der Waals surface area contributed by atoms with Crippen molar-refractivity contribution < 1.29 is 42.9 Å². The molecule has 0 radical (unpaired) electrons. The molecule has 4 N–H and O–H groups in total. The molecule has 2 heterocycles. The SMILES string of the molecule is CNCC(=O)NCCN(C)CC(=O)NC(=O)OC[C@H](NC(=O)OC1CC[C@]2(CO2)C([C@@]2(C)O[C@@H]2CC=C(C)C)C1OC)C(C)C. The van der Waals surface area contributed by atoms with Gasteiger partial charge in [0, 0.05) is 20.2 Å². The summed E-state index contributed by atoms with van der Waals surface area (Å²) in [5.41, 5.74) is 0.453. The van der Waals surface area contributed by atoms with Gasteiger partial charge in [0.05, 0.1) is 37.8 Å². The molecule has 0 aromatic carbocycles. The van der Waals surface area contributed by atoms with E-state index in [9.17, 15) is 19.2 Å². The Kier molecular flexibility index (Phi) is 13.2. The number of imide groups is 1. The molecule has 1 spiro atoms. The molecule has 14 nitrogen and oxygen atoms in total. The topological polar surface area (TPSA) is 172 Å². The summed E-state index contributed by atoms with van der Waals surface area (Å²) in [4.78, 5) is 50.8. The maximum absolute atomic E-state index is 13.1. The van der Waals surface area contributed by atoms with Crippen LogP contribution in [0.3, 0.4) is 0 Å². The highest BCUT2D eigenvalue weighted by Crippen LogP contribution is 2.59. The van der Waals surface area contributed by atoms with Crippen LogP contribution in [-0.2, 0) is 33.3 Å². The van der Waals surface area contributed by atoms with Crippen molar-refractivity contribution >= 4 is 24.0 Å². The summed E-state index contributed by atoms with van der Waals surface area (Å²) in [7, 11) is 4.99. The van der Waals surface area contributed by atoms with Crippen LogP contribution < -0.4 is 21.3 Å². The van der Waals surface area contributed by atoms with Crippen molar-refractivity contribution in [2.45, 2.75) is 89.4 Å². The first-order valence-corrected chi connectivity index (χ1v) is 15.8. The molecule has 7 atom stereocenters. The van der Waals surface area contributed by atoms with Crippen molar-refractivity contribution in [1.82, 2.24) is 26.2 Å². The Bertz CT molecular complexity index is 1080. The number of hydrogen-bond donors (Lipinski definition) is 4. The number of carbonyl (C=O) groups is 4. The van der Waals surface area contributed by atoms with E-state index in [4.69, 9.17) is 23.7 Å². The van der Waals surface area contributed by atoms with Gasteiger partial charge in [-0.15, -0.1) is 0 Å². The van der Waals surface area contributed by atoms with Crippen LogP contribution in [0.15, 0.2) is 11.6 Å². The fourth-order valence-electron chi connectivity index (χ4n) is 6.08. The molecule has 0 aromatic heterocycles. The van der Waals surface area contributed by atoms with Gasteiger partial charge in [-0.2, -0.15) is 0 Å². The number of ether oxygens (including phenoxy) is 5. The Labute approximate surface area is 266 Å². The normalized spacial score (nSPS) is 29.1. The lowest BCUT2D eigenvalue weighted by Gasteiger charge is -2.42. The standard InChI is InChI=1S/C31H53N5O9/c1-19(2)9-10-23-30(5,45-23)27-26(41-8)22(11-12-31(27)18-43-31)44-29(40)34-21(20(3)4)17-42-28(39)35-25(38)16-36(7)14-13-33-24(37)15-32-6/h9,20-23,26-27,32H,10-18H2,1-8H3,(H,33,37)(H,34,40)(H,35,38,39)/t21-,22?,23+,26?,27?,30-,31-/m0/s1. The number of epoxide rings is 2. The molecule has 4 amide bonds. The molecule has 14 heteroatoms. The molecule has 0 aromatic rings. The third kappa shape index (κ3) is 10.4. The number of allylic oxidation sites excluding steroid dienone is 1. The van der Waals surface area contributed by atoms with Gasteiger partial charge in [0.1, 0.15) is 30.0 Å². The highest BCUT2D eigenvalue weighted by molar-refractivity contribution is 5.92. The van der Waals surface area contributed by atoms with E-state index in [-0.39, 0.29) is 49.1 Å². The molecule has 3 rings (SSSR count). The van der Waals surface area contributed by atoms with Crippen LogP contribution in [0.25, 0.3) is 0 Å². The summed E-state index contributed by atoms with van der Waals surface area (Å²) >= 11 is 0. The van der Waals surface area contributed by atoms with E-state index in [1.807, 2.05) is 13.8 Å². The van der Waals surface area contributed by atoms with Crippen molar-refractivity contribution in [3.05, 3.63) is 11.6 Å². The molecular weight excluding hydrogens is 586 g/mol. The lowest BCUT2D eigenvalue weighted by molar-refractivity contribution is -0.121. The molecule has 2 saturated heterocycles. The average molecular weight is 640 g/mol. The monoisotopic (exact) mass is 639 g/mol. The number of amides is 4. The fourth-order valence-corrected chi connectivity index (χ4v) is 6.08. The van der Waals surface area contributed by atoms with E-state index < -0.39 is 41.9 Å². The lowest BCUT2D eigenvalue weighted by Crippen LogP contribution is -2.56. The molecule has 3 fully saturated rings. The maximum Gasteiger partial charge on any atom is 0.413 e. The van der Waals surface area contributed by atoms with Crippen LogP contribution in [0.2, 0.25) is 0 Å². The second-order valence-corrected chi connectivity index (χ2v) is 13.1. The van der Waals surface area contributed by atoms with E-state index >= 15 is 0 Å². The Morgan fingerprint density at radius 1 is 1.13 bits per heavy atom. The van der Waals surface area contributed by atoms with Crippen LogP contribution in [0.4, 0.5) is 9.59 Å². The Morgan fingerprint density at radius 3 is 2.44 bits per heavy atom. The Morgan fingerprint density at radius 2 is 1.84 bits per heavy atom. The number of methoxy groups -OCH3 is 1. The smallest absolute Gasteiger partial charge is 0.413 e. The summed E-state index contributed by atoms with van der Waals surface area (Å²) in [6, 6.07) is -0.557. The number of nitrogens with one attached hydrogen (secondary N) is 4. The van der Waals surface area contributed by atoms with Crippen LogP contribution in [0.1, 0.15) is 53.9 Å². The minimum atomic E-state index is -0.916. The number of nitrogens with zero attached hydrogens (tertiary/aromatic N) is 1. The van der Waals surface area contributed by atoms with Gasteiger partial charge in [-0.25, -0.2) is 9.59 Å². The maximum atomic E-state index is 13.1. The van der Waals surface area contributed by atoms with Crippen molar-refractivity contribution in [2.75, 3.05) is 60.6 Å². The first-order valence-electron chi connectivity index (χ1n) is 15.8. The summed E-state index contributed by atoms with van der Waals surface area (Å²) in [5.74, 6) is -0.896. The number of alkyl carbamates (subject to hydrolysis) is 2. The van der Waals surface area contributed by atoms with Crippen LogP contribution >= 0.6 is 0 Å². The number of likely N-dealkylation sites (N-methyl/N-ethyl adjacent to an activating group) is 2. The predicted molar refractivity (Wildman–Crippen MR) is 165 cm³/mol. The van der Waals surface area contributed by atoms with Gasteiger partial charge in [0.15, 0.2) is 0 Å². The van der Waals surface area contributed by atoms with Gasteiger partial charge >= 0.3 is 12.2 Å². The third-order valence-electron chi connectivity index (χ3n) is 8.81. The lowest BCUT2D eigenvalue weighted by atomic mass is 9.68. The van der Waals surface area contributed by atoms with Gasteiger partial charge in [0.2, 0.25) is 11.8 Å². The molecule has 45 heavy (non-hydrogen) atoms. The summed E-state index contributed by atoms with van der Waals surface area (Å²) in [5, 5.41) is 10.5. The first kappa shape index (κ1) is 36.7. The average Bonchev–Trinajstić information content (AvgIpc) is 3.87. The summed E-state index contributed by atoms with van der Waals surface area (Å²) in [6.07, 6.45) is 1.85. The van der Waals surface area contributed by atoms with Crippen molar-refractivity contribution in [2.24, 2.45) is 11.8 Å². The quantitative estimate of drug-likeness (QED) is 0.142. The van der Waals surface area contributed by atoms with Crippen molar-refractivity contribution in [1.29, 1.82) is 0 Å². The largest absolute Gasteiger partial charge is 0.447 e. The van der Waals surface area contributed by atoms with E-state index in [0.29, 0.717) is 26.1 Å². The van der Waals surface area contributed by atoms with E-state index in [2.05, 4.69) is 48.1 Å². The zero-order valence-electron chi connectivity index (χ0n) is 28.0. The third-order valence-corrected chi connectivity index (χ3v) is 8.81. The van der Waals surface area contributed by atoms with Crippen LogP contribution in [0, 0.1) is 11.8 Å². The zero-order valence-corrected chi connectivity index (χ0v) is 28.0. The molecule has 1 saturated carbocycles.